The van der Waals surface area contributed by atoms with Gasteiger partial charge < -0.3 is 14.6 Å². The van der Waals surface area contributed by atoms with Crippen molar-refractivity contribution >= 4 is 22.8 Å². The first-order valence-electron chi connectivity index (χ1n) is 6.42. The summed E-state index contributed by atoms with van der Waals surface area (Å²) in [6.07, 6.45) is 1.97. The number of rotatable bonds is 4. The Morgan fingerprint density at radius 3 is 2.70 bits per heavy atom. The van der Waals surface area contributed by atoms with Crippen molar-refractivity contribution in [3.05, 3.63) is 36.0 Å². The number of aryl methyl sites for hydroxylation is 1. The number of nitrogens with zero attached hydrogens (tertiary/aromatic N) is 1. The highest BCUT2D eigenvalue weighted by atomic mass is 16.5. The lowest BCUT2D eigenvalue weighted by molar-refractivity contribution is -0.145. The van der Waals surface area contributed by atoms with Crippen molar-refractivity contribution in [3.63, 3.8) is 0 Å². The minimum atomic E-state index is -0.687. The summed E-state index contributed by atoms with van der Waals surface area (Å²) in [4.78, 5) is 22.9. The third-order valence-corrected chi connectivity index (χ3v) is 3.23. The summed E-state index contributed by atoms with van der Waals surface area (Å²) in [6.45, 7) is 3.75. The van der Waals surface area contributed by atoms with Crippen LogP contribution in [-0.4, -0.2) is 29.6 Å². The van der Waals surface area contributed by atoms with Gasteiger partial charge >= 0.3 is 5.97 Å². The second kappa shape index (κ2) is 5.77. The predicted molar refractivity (Wildman–Crippen MR) is 76.3 cm³/mol. The number of hydrogen-bond acceptors (Lipinski definition) is 3. The summed E-state index contributed by atoms with van der Waals surface area (Å²) in [7, 11) is 1.32. The van der Waals surface area contributed by atoms with Crippen LogP contribution in [0.4, 0.5) is 0 Å². The Kier molecular flexibility index (Phi) is 4.08. The second-order valence-electron chi connectivity index (χ2n) is 4.76. The van der Waals surface area contributed by atoms with E-state index in [0.29, 0.717) is 6.54 Å². The monoisotopic (exact) mass is 274 g/mol. The van der Waals surface area contributed by atoms with Crippen LogP contribution in [0.5, 0.6) is 0 Å². The second-order valence-corrected chi connectivity index (χ2v) is 4.76. The fourth-order valence-corrected chi connectivity index (χ4v) is 2.34. The quantitative estimate of drug-likeness (QED) is 0.862. The van der Waals surface area contributed by atoms with Crippen LogP contribution >= 0.6 is 0 Å². The molecule has 106 valence electrons. The van der Waals surface area contributed by atoms with Crippen LogP contribution in [0.15, 0.2) is 30.5 Å². The number of nitrogens with one attached hydrogen (secondary N) is 1. The van der Waals surface area contributed by atoms with Gasteiger partial charge in [0.25, 0.3) is 0 Å². The van der Waals surface area contributed by atoms with E-state index in [9.17, 15) is 9.59 Å². The smallest absolute Gasteiger partial charge is 0.330 e. The highest BCUT2D eigenvalue weighted by Gasteiger charge is 2.21. The normalized spacial score (nSPS) is 12.2. The van der Waals surface area contributed by atoms with E-state index in [4.69, 9.17) is 4.74 Å². The topological polar surface area (TPSA) is 60.3 Å². The molecule has 1 N–H and O–H groups in total. The van der Waals surface area contributed by atoms with E-state index in [0.717, 1.165) is 16.5 Å². The van der Waals surface area contributed by atoms with Gasteiger partial charge in [-0.3, -0.25) is 4.79 Å². The number of amides is 1. The van der Waals surface area contributed by atoms with Crippen LogP contribution in [0.2, 0.25) is 0 Å². The number of esters is 1. The Balaban J connectivity index is 2.33. The van der Waals surface area contributed by atoms with E-state index in [1.165, 1.54) is 14.0 Å². The van der Waals surface area contributed by atoms with Gasteiger partial charge in [0.2, 0.25) is 5.91 Å². The standard InChI is InChI=1S/C15H18N2O3/c1-10-8-17(14-7-5-4-6-12(10)14)9-13(15(19)20-3)16-11(2)18/h4-8,13H,9H2,1-3H3,(H,16,18). The minimum absolute atomic E-state index is 0.256. The number of ether oxygens (including phenoxy) is 1. The third-order valence-electron chi connectivity index (χ3n) is 3.23. The Morgan fingerprint density at radius 2 is 2.05 bits per heavy atom. The first-order valence-corrected chi connectivity index (χ1v) is 6.42. The first kappa shape index (κ1) is 14.1. The van der Waals surface area contributed by atoms with E-state index in [2.05, 4.69) is 5.32 Å². The van der Waals surface area contributed by atoms with Crippen molar-refractivity contribution in [1.29, 1.82) is 0 Å². The number of carbonyl (C=O) groups excluding carboxylic acids is 2. The molecule has 1 aromatic carbocycles. The molecular weight excluding hydrogens is 256 g/mol. The minimum Gasteiger partial charge on any atom is -0.467 e. The van der Waals surface area contributed by atoms with Crippen LogP contribution in [0, 0.1) is 6.92 Å². The number of carbonyl (C=O) groups is 2. The van der Waals surface area contributed by atoms with Gasteiger partial charge in [0.15, 0.2) is 0 Å². The lowest BCUT2D eigenvalue weighted by Crippen LogP contribution is -2.43. The van der Waals surface area contributed by atoms with Crippen molar-refractivity contribution in [2.45, 2.75) is 26.4 Å². The summed E-state index contributed by atoms with van der Waals surface area (Å²) in [5, 5.41) is 3.76. The Labute approximate surface area is 117 Å². The van der Waals surface area contributed by atoms with Crippen LogP contribution < -0.4 is 5.32 Å². The molecule has 5 heteroatoms. The number of benzene rings is 1. The Bertz CT molecular complexity index is 646. The van der Waals surface area contributed by atoms with Gasteiger partial charge in [0.05, 0.1) is 13.7 Å². The van der Waals surface area contributed by atoms with Crippen molar-refractivity contribution < 1.29 is 14.3 Å². The molecule has 1 atom stereocenters. The zero-order chi connectivity index (χ0) is 14.7. The average Bonchev–Trinajstić information content (AvgIpc) is 2.74. The first-order chi connectivity index (χ1) is 9.52. The summed E-state index contributed by atoms with van der Waals surface area (Å²) >= 11 is 0. The third kappa shape index (κ3) is 2.82. The molecule has 0 saturated carbocycles. The molecule has 0 aliphatic rings. The zero-order valence-corrected chi connectivity index (χ0v) is 11.8. The van der Waals surface area contributed by atoms with E-state index in [1.807, 2.05) is 42.0 Å². The molecule has 1 heterocycles. The van der Waals surface area contributed by atoms with Gasteiger partial charge in [-0.2, -0.15) is 0 Å². The molecular formula is C15H18N2O3. The molecule has 0 aliphatic heterocycles. The van der Waals surface area contributed by atoms with Gasteiger partial charge in [0.1, 0.15) is 6.04 Å². The fourth-order valence-electron chi connectivity index (χ4n) is 2.34. The lowest BCUT2D eigenvalue weighted by atomic mass is 10.2. The fraction of sp³-hybridized carbons (Fsp3) is 0.333. The molecule has 2 rings (SSSR count). The van der Waals surface area contributed by atoms with E-state index < -0.39 is 12.0 Å². The van der Waals surface area contributed by atoms with Gasteiger partial charge in [-0.15, -0.1) is 0 Å². The summed E-state index contributed by atoms with van der Waals surface area (Å²) in [5.41, 5.74) is 2.16. The molecule has 5 nitrogen and oxygen atoms in total. The van der Waals surface area contributed by atoms with Gasteiger partial charge in [-0.25, -0.2) is 4.79 Å². The number of para-hydroxylation sites is 1. The summed E-state index contributed by atoms with van der Waals surface area (Å²) in [5.74, 6) is -0.704. The Hall–Kier alpha value is -2.30. The maximum Gasteiger partial charge on any atom is 0.330 e. The SMILES string of the molecule is COC(=O)C(Cn1cc(C)c2ccccc21)NC(C)=O. The van der Waals surface area contributed by atoms with Crippen LogP contribution in [0.25, 0.3) is 10.9 Å². The number of hydrogen-bond donors (Lipinski definition) is 1. The maximum atomic E-state index is 11.7. The summed E-state index contributed by atoms with van der Waals surface area (Å²) < 4.78 is 6.70. The number of aromatic nitrogens is 1. The highest BCUT2D eigenvalue weighted by Crippen LogP contribution is 2.20. The number of fused-ring (bicyclic) bond motifs is 1. The van der Waals surface area contributed by atoms with Crippen LogP contribution in [0.1, 0.15) is 12.5 Å². The molecule has 1 amide bonds. The molecule has 0 spiro atoms. The van der Waals surface area contributed by atoms with Gasteiger partial charge in [-0.1, -0.05) is 18.2 Å². The lowest BCUT2D eigenvalue weighted by Gasteiger charge is -2.16. The van der Waals surface area contributed by atoms with Gasteiger partial charge in [0, 0.05) is 24.0 Å². The number of methoxy groups -OCH3 is 1. The largest absolute Gasteiger partial charge is 0.467 e. The highest BCUT2D eigenvalue weighted by molar-refractivity contribution is 5.85. The van der Waals surface area contributed by atoms with E-state index >= 15 is 0 Å². The summed E-state index contributed by atoms with van der Waals surface area (Å²) in [6, 6.07) is 7.26. The molecule has 0 fully saturated rings. The van der Waals surface area contributed by atoms with Crippen molar-refractivity contribution in [2.24, 2.45) is 0 Å². The molecule has 0 radical (unpaired) electrons. The van der Waals surface area contributed by atoms with Crippen molar-refractivity contribution in [2.75, 3.05) is 7.11 Å². The predicted octanol–water partition coefficient (Wildman–Crippen LogP) is 1.63. The Morgan fingerprint density at radius 1 is 1.35 bits per heavy atom. The molecule has 0 saturated heterocycles. The molecule has 1 aromatic heterocycles. The van der Waals surface area contributed by atoms with Crippen molar-refractivity contribution in [1.82, 2.24) is 9.88 Å². The average molecular weight is 274 g/mol. The molecule has 2 aromatic rings. The zero-order valence-electron chi connectivity index (χ0n) is 11.8. The molecule has 0 bridgehead atoms. The van der Waals surface area contributed by atoms with Crippen LogP contribution in [0.3, 0.4) is 0 Å². The molecule has 20 heavy (non-hydrogen) atoms. The van der Waals surface area contributed by atoms with Crippen molar-refractivity contribution in [3.8, 4) is 0 Å². The van der Waals surface area contributed by atoms with Crippen LogP contribution in [-0.2, 0) is 20.9 Å². The van der Waals surface area contributed by atoms with Gasteiger partial charge in [-0.05, 0) is 18.6 Å². The van der Waals surface area contributed by atoms with E-state index in [-0.39, 0.29) is 5.91 Å². The maximum absolute atomic E-state index is 11.7. The molecule has 1 unspecified atom stereocenters. The molecule has 0 aliphatic carbocycles. The van der Waals surface area contributed by atoms with E-state index in [1.54, 1.807) is 0 Å².